The molecule has 0 saturated heterocycles. The number of para-hydroxylation sites is 1. The fourth-order valence-electron chi connectivity index (χ4n) is 4.13. The molecule has 0 bridgehead atoms. The summed E-state index contributed by atoms with van der Waals surface area (Å²) >= 11 is 1.37. The Morgan fingerprint density at radius 3 is 2.61 bits per heavy atom. The van der Waals surface area contributed by atoms with Crippen molar-refractivity contribution in [2.45, 2.75) is 26.8 Å². The summed E-state index contributed by atoms with van der Waals surface area (Å²) in [6.45, 7) is 5.32. The fraction of sp³-hybridized carbons (Fsp3) is 0.259. The molecule has 0 unspecified atom stereocenters. The fourth-order valence-corrected chi connectivity index (χ4v) is 5.22. The summed E-state index contributed by atoms with van der Waals surface area (Å²) in [5.74, 6) is 1.61. The number of hydrazone groups is 1. The summed E-state index contributed by atoms with van der Waals surface area (Å²) in [7, 11) is 1.63. The van der Waals surface area contributed by atoms with Gasteiger partial charge in [-0.1, -0.05) is 32.0 Å². The zero-order chi connectivity index (χ0) is 25.2. The zero-order valence-electron chi connectivity index (χ0n) is 20.4. The molecule has 2 aliphatic heterocycles. The predicted octanol–water partition coefficient (Wildman–Crippen LogP) is 5.39. The molecule has 2 aliphatic rings. The van der Waals surface area contributed by atoms with Gasteiger partial charge in [0.25, 0.3) is 5.91 Å². The van der Waals surface area contributed by atoms with Gasteiger partial charge in [0.1, 0.15) is 23.1 Å². The standard InChI is InChI=1S/C27H27N5O3S/c1-17(2)14-24-30-32-25(28)22(26(33)29-27(32)36-24)15-18-16-31(23-7-5-4-6-21(18)23)12-13-35-20-10-8-19(34-3)9-11-20/h4-11,15-17,28H,12-14H2,1-3H3/b22-15-,28-25?. The van der Waals surface area contributed by atoms with Crippen LogP contribution in [0.1, 0.15) is 25.8 Å². The van der Waals surface area contributed by atoms with Crippen LogP contribution in [0.3, 0.4) is 0 Å². The van der Waals surface area contributed by atoms with Gasteiger partial charge >= 0.3 is 0 Å². The molecule has 3 aromatic rings. The van der Waals surface area contributed by atoms with E-state index in [1.807, 2.05) is 54.7 Å². The van der Waals surface area contributed by atoms with E-state index in [2.05, 4.69) is 28.5 Å². The van der Waals surface area contributed by atoms with Crippen LogP contribution in [0.15, 0.2) is 70.4 Å². The number of benzene rings is 2. The second kappa shape index (κ2) is 10.0. The Morgan fingerprint density at radius 1 is 1.11 bits per heavy atom. The molecule has 0 spiro atoms. The van der Waals surface area contributed by atoms with Crippen LogP contribution >= 0.6 is 11.8 Å². The highest BCUT2D eigenvalue weighted by molar-refractivity contribution is 8.26. The molecule has 1 aromatic heterocycles. The molecule has 1 N–H and O–H groups in total. The maximum Gasteiger partial charge on any atom is 0.283 e. The van der Waals surface area contributed by atoms with E-state index in [1.165, 1.54) is 16.8 Å². The quantitative estimate of drug-likeness (QED) is 0.418. The van der Waals surface area contributed by atoms with Crippen LogP contribution in [-0.2, 0) is 11.3 Å². The van der Waals surface area contributed by atoms with Gasteiger partial charge in [-0.15, -0.1) is 0 Å². The number of methoxy groups -OCH3 is 1. The zero-order valence-corrected chi connectivity index (χ0v) is 21.2. The van der Waals surface area contributed by atoms with Crippen LogP contribution in [0.5, 0.6) is 11.5 Å². The lowest BCUT2D eigenvalue weighted by atomic mass is 10.1. The number of rotatable bonds is 8. The van der Waals surface area contributed by atoms with Crippen molar-refractivity contribution in [3.05, 3.63) is 65.9 Å². The highest BCUT2D eigenvalue weighted by atomic mass is 32.2. The predicted molar refractivity (Wildman–Crippen MR) is 145 cm³/mol. The second-order valence-electron chi connectivity index (χ2n) is 8.93. The van der Waals surface area contributed by atoms with E-state index < -0.39 is 5.91 Å². The Bertz CT molecular complexity index is 1420. The first kappa shape index (κ1) is 23.9. The first-order chi connectivity index (χ1) is 17.4. The topological polar surface area (TPSA) is 92.3 Å². The Balaban J connectivity index is 1.38. The third-order valence-electron chi connectivity index (χ3n) is 5.86. The number of fused-ring (bicyclic) bond motifs is 2. The summed E-state index contributed by atoms with van der Waals surface area (Å²) in [5, 5.41) is 17.0. The van der Waals surface area contributed by atoms with E-state index in [4.69, 9.17) is 14.9 Å². The Hall–Kier alpha value is -3.85. The number of nitrogens with zero attached hydrogens (tertiary/aromatic N) is 4. The number of aromatic nitrogens is 1. The van der Waals surface area contributed by atoms with Gasteiger partial charge in [-0.05, 0) is 54.1 Å². The normalized spacial score (nSPS) is 16.6. The van der Waals surface area contributed by atoms with Crippen LogP contribution in [0.2, 0.25) is 0 Å². The summed E-state index contributed by atoms with van der Waals surface area (Å²) in [4.78, 5) is 17.1. The molecule has 2 aromatic carbocycles. The molecule has 9 heteroatoms. The van der Waals surface area contributed by atoms with Crippen LogP contribution in [0.25, 0.3) is 17.0 Å². The van der Waals surface area contributed by atoms with Crippen LogP contribution in [-0.4, -0.2) is 45.2 Å². The SMILES string of the molecule is COc1ccc(OCCn2cc(/C=C3/C(=N)N4N=C(CC(C)C)SC4=NC3=O)c3ccccc32)cc1. The number of hydrogen-bond acceptors (Lipinski definition) is 6. The van der Waals surface area contributed by atoms with Crippen LogP contribution < -0.4 is 9.47 Å². The van der Waals surface area contributed by atoms with Gasteiger partial charge in [0.05, 0.1) is 19.2 Å². The summed E-state index contributed by atoms with van der Waals surface area (Å²) in [6.07, 6.45) is 4.52. The number of amidine groups is 2. The van der Waals surface area contributed by atoms with Crippen molar-refractivity contribution in [3.63, 3.8) is 0 Å². The minimum absolute atomic E-state index is 0.0518. The molecular formula is C27H27N5O3S. The molecule has 0 fully saturated rings. The van der Waals surface area contributed by atoms with E-state index >= 15 is 0 Å². The molecule has 3 heterocycles. The first-order valence-corrected chi connectivity index (χ1v) is 12.6. The monoisotopic (exact) mass is 501 g/mol. The minimum atomic E-state index is -0.417. The van der Waals surface area contributed by atoms with E-state index in [0.717, 1.165) is 39.4 Å². The first-order valence-electron chi connectivity index (χ1n) is 11.8. The van der Waals surface area contributed by atoms with Crippen LogP contribution in [0.4, 0.5) is 0 Å². The molecule has 0 atom stereocenters. The lowest BCUT2D eigenvalue weighted by molar-refractivity contribution is -0.114. The lowest BCUT2D eigenvalue weighted by Gasteiger charge is -2.20. The molecule has 5 rings (SSSR count). The van der Waals surface area contributed by atoms with Gasteiger partial charge < -0.3 is 14.0 Å². The number of aliphatic imine (C=N–C) groups is 1. The summed E-state index contributed by atoms with van der Waals surface area (Å²) in [5.41, 5.74) is 2.10. The van der Waals surface area contributed by atoms with Crippen molar-refractivity contribution in [3.8, 4) is 11.5 Å². The van der Waals surface area contributed by atoms with Crippen molar-refractivity contribution in [1.82, 2.24) is 9.58 Å². The highest BCUT2D eigenvalue weighted by Gasteiger charge is 2.35. The molecule has 0 aliphatic carbocycles. The Morgan fingerprint density at radius 2 is 1.86 bits per heavy atom. The highest BCUT2D eigenvalue weighted by Crippen LogP contribution is 2.32. The maximum absolute atomic E-state index is 12.9. The average Bonchev–Trinajstić information content (AvgIpc) is 3.43. The molecular weight excluding hydrogens is 474 g/mol. The molecule has 0 saturated carbocycles. The smallest absolute Gasteiger partial charge is 0.283 e. The largest absolute Gasteiger partial charge is 0.497 e. The molecule has 184 valence electrons. The number of nitrogens with one attached hydrogen (secondary N) is 1. The van der Waals surface area contributed by atoms with Crippen molar-refractivity contribution in [2.24, 2.45) is 16.0 Å². The van der Waals surface area contributed by atoms with Crippen molar-refractivity contribution in [1.29, 1.82) is 5.41 Å². The number of amides is 1. The minimum Gasteiger partial charge on any atom is -0.497 e. The van der Waals surface area contributed by atoms with Crippen molar-refractivity contribution in [2.75, 3.05) is 13.7 Å². The Kier molecular flexibility index (Phi) is 6.65. The van der Waals surface area contributed by atoms with E-state index in [9.17, 15) is 4.79 Å². The Labute approximate surface area is 213 Å². The third-order valence-corrected chi connectivity index (χ3v) is 6.79. The molecule has 1 amide bonds. The van der Waals surface area contributed by atoms with Gasteiger partial charge in [0.2, 0.25) is 5.17 Å². The lowest BCUT2D eigenvalue weighted by Crippen LogP contribution is -2.35. The summed E-state index contributed by atoms with van der Waals surface area (Å²) in [6, 6.07) is 15.5. The van der Waals surface area contributed by atoms with Crippen molar-refractivity contribution < 1.29 is 14.3 Å². The number of thioether (sulfide) groups is 1. The average molecular weight is 502 g/mol. The maximum atomic E-state index is 12.9. The summed E-state index contributed by atoms with van der Waals surface area (Å²) < 4.78 is 13.2. The van der Waals surface area contributed by atoms with Gasteiger partial charge in [0, 0.05) is 29.1 Å². The molecule has 8 nitrogen and oxygen atoms in total. The number of hydrogen-bond donors (Lipinski definition) is 1. The van der Waals surface area contributed by atoms with Crippen LogP contribution in [0, 0.1) is 11.3 Å². The van der Waals surface area contributed by atoms with Gasteiger partial charge in [-0.3, -0.25) is 10.2 Å². The van der Waals surface area contributed by atoms with Gasteiger partial charge in [0.15, 0.2) is 5.84 Å². The van der Waals surface area contributed by atoms with E-state index in [0.29, 0.717) is 24.2 Å². The van der Waals surface area contributed by atoms with Gasteiger partial charge in [-0.25, -0.2) is 0 Å². The number of carbonyl (C=O) groups is 1. The molecule has 36 heavy (non-hydrogen) atoms. The van der Waals surface area contributed by atoms with Gasteiger partial charge in [-0.2, -0.15) is 15.1 Å². The van der Waals surface area contributed by atoms with Crippen molar-refractivity contribution >= 4 is 50.7 Å². The van der Waals surface area contributed by atoms with E-state index in [1.54, 1.807) is 13.2 Å². The van der Waals surface area contributed by atoms with E-state index in [-0.39, 0.29) is 11.4 Å². The third kappa shape index (κ3) is 4.79. The number of ether oxygens (including phenoxy) is 2. The number of carbonyl (C=O) groups excluding carboxylic acids is 1. The second-order valence-corrected chi connectivity index (χ2v) is 9.97. The molecule has 0 radical (unpaired) electrons.